The van der Waals surface area contributed by atoms with Gasteiger partial charge in [0.25, 0.3) is 0 Å². The van der Waals surface area contributed by atoms with E-state index in [-0.39, 0.29) is 36.5 Å². The summed E-state index contributed by atoms with van der Waals surface area (Å²) in [5.74, 6) is -4.63. The van der Waals surface area contributed by atoms with Crippen LogP contribution in [-0.4, -0.2) is 41.6 Å². The van der Waals surface area contributed by atoms with Crippen LogP contribution < -0.4 is 11.1 Å². The van der Waals surface area contributed by atoms with E-state index in [0.29, 0.717) is 0 Å². The topological polar surface area (TPSA) is 75.4 Å². The maximum Gasteiger partial charge on any atom is 0.391 e. The molecular formula is C18H20ClF4N3O2. The molecule has 1 aromatic rings. The Morgan fingerprint density at radius 1 is 1.39 bits per heavy atom. The van der Waals surface area contributed by atoms with Crippen molar-refractivity contribution in [2.24, 2.45) is 17.6 Å². The average molecular weight is 422 g/mol. The fourth-order valence-electron chi connectivity index (χ4n) is 4.44. The van der Waals surface area contributed by atoms with Crippen LogP contribution in [0.2, 0.25) is 5.02 Å². The summed E-state index contributed by atoms with van der Waals surface area (Å²) in [7, 11) is 0. The predicted molar refractivity (Wildman–Crippen MR) is 94.1 cm³/mol. The molecule has 1 saturated heterocycles. The van der Waals surface area contributed by atoms with Gasteiger partial charge in [0.1, 0.15) is 11.4 Å². The van der Waals surface area contributed by atoms with Gasteiger partial charge in [0.2, 0.25) is 5.91 Å². The molecule has 3 rings (SSSR count). The zero-order valence-corrected chi connectivity index (χ0v) is 15.8. The molecule has 0 aromatic heterocycles. The average Bonchev–Trinajstić information content (AvgIpc) is 2.54. The van der Waals surface area contributed by atoms with Crippen molar-refractivity contribution in [3.63, 3.8) is 0 Å². The number of primary amides is 1. The minimum Gasteiger partial charge on any atom is -0.352 e. The highest BCUT2D eigenvalue weighted by molar-refractivity contribution is 6.30. The fraction of sp³-hybridized carbons (Fsp3) is 0.556. The largest absolute Gasteiger partial charge is 0.391 e. The lowest BCUT2D eigenvalue weighted by molar-refractivity contribution is -0.209. The van der Waals surface area contributed by atoms with Crippen LogP contribution in [0.25, 0.3) is 0 Å². The molecule has 0 spiro atoms. The van der Waals surface area contributed by atoms with E-state index in [1.165, 1.54) is 25.1 Å². The molecule has 2 atom stereocenters. The molecule has 2 fully saturated rings. The van der Waals surface area contributed by atoms with Gasteiger partial charge in [-0.05, 0) is 37.3 Å². The summed E-state index contributed by atoms with van der Waals surface area (Å²) in [6, 6.07) is 3.27. The van der Waals surface area contributed by atoms with E-state index in [9.17, 15) is 27.2 Å². The third-order valence-corrected chi connectivity index (χ3v) is 6.23. The van der Waals surface area contributed by atoms with E-state index in [1.807, 2.05) is 0 Å². The lowest BCUT2D eigenvalue weighted by atomic mass is 9.60. The molecule has 1 unspecified atom stereocenters. The van der Waals surface area contributed by atoms with Crippen LogP contribution in [0.4, 0.5) is 22.4 Å². The van der Waals surface area contributed by atoms with E-state index in [0.717, 1.165) is 4.90 Å². The van der Waals surface area contributed by atoms with Crippen molar-refractivity contribution >= 4 is 23.5 Å². The van der Waals surface area contributed by atoms with Crippen molar-refractivity contribution in [2.75, 3.05) is 13.1 Å². The van der Waals surface area contributed by atoms with Gasteiger partial charge in [-0.1, -0.05) is 23.7 Å². The van der Waals surface area contributed by atoms with Gasteiger partial charge in [-0.3, -0.25) is 4.79 Å². The predicted octanol–water partition coefficient (Wildman–Crippen LogP) is 3.42. The van der Waals surface area contributed by atoms with Crippen LogP contribution in [0.3, 0.4) is 0 Å². The molecule has 10 heteroatoms. The number of carbonyl (C=O) groups excluding carboxylic acids is 2. The normalized spacial score (nSPS) is 29.1. The lowest BCUT2D eigenvalue weighted by Gasteiger charge is -2.53. The number of hydrogen-bond acceptors (Lipinski definition) is 2. The van der Waals surface area contributed by atoms with E-state index in [4.69, 9.17) is 17.3 Å². The van der Waals surface area contributed by atoms with Crippen molar-refractivity contribution in [1.82, 2.24) is 10.2 Å². The van der Waals surface area contributed by atoms with Gasteiger partial charge in [-0.15, -0.1) is 0 Å². The number of alkyl halides is 3. The first-order chi connectivity index (χ1) is 13.0. The molecule has 5 nitrogen and oxygen atoms in total. The maximum absolute atomic E-state index is 14.9. The second-order valence-corrected chi connectivity index (χ2v) is 7.89. The van der Waals surface area contributed by atoms with Crippen molar-refractivity contribution in [3.05, 3.63) is 34.6 Å². The fourth-order valence-corrected chi connectivity index (χ4v) is 4.62. The quantitative estimate of drug-likeness (QED) is 0.734. The number of urea groups is 1. The molecule has 0 bridgehead atoms. The SMILES string of the molecule is CC1([C@@H](c2cccc(Cl)c2F)C2CC(C(F)(F)F)C2)C(=O)NCCN1C(N)=O. The number of piperazine rings is 1. The third-order valence-electron chi connectivity index (χ3n) is 5.94. The number of halogens is 5. The number of amides is 3. The summed E-state index contributed by atoms with van der Waals surface area (Å²) in [6.07, 6.45) is -4.90. The minimum atomic E-state index is -4.37. The molecule has 1 aromatic carbocycles. The van der Waals surface area contributed by atoms with Gasteiger partial charge in [0, 0.05) is 19.0 Å². The molecule has 0 radical (unpaired) electrons. The molecule has 3 N–H and O–H groups in total. The van der Waals surface area contributed by atoms with E-state index in [2.05, 4.69) is 5.32 Å². The summed E-state index contributed by atoms with van der Waals surface area (Å²) in [6.45, 7) is 1.64. The monoisotopic (exact) mass is 421 g/mol. The Labute approximate surface area is 164 Å². The highest BCUT2D eigenvalue weighted by Crippen LogP contribution is 2.55. The Bertz CT molecular complexity index is 798. The summed E-state index contributed by atoms with van der Waals surface area (Å²) < 4.78 is 54.0. The van der Waals surface area contributed by atoms with Crippen molar-refractivity contribution in [1.29, 1.82) is 0 Å². The van der Waals surface area contributed by atoms with Crippen LogP contribution in [0.1, 0.15) is 31.2 Å². The Hall–Kier alpha value is -2.03. The molecule has 154 valence electrons. The molecule has 3 amide bonds. The maximum atomic E-state index is 14.9. The van der Waals surface area contributed by atoms with Gasteiger partial charge in [-0.2, -0.15) is 13.2 Å². The number of benzene rings is 1. The summed E-state index contributed by atoms with van der Waals surface area (Å²) >= 11 is 5.88. The smallest absolute Gasteiger partial charge is 0.352 e. The van der Waals surface area contributed by atoms with Crippen molar-refractivity contribution < 1.29 is 27.2 Å². The Kier molecular flexibility index (Phi) is 5.24. The van der Waals surface area contributed by atoms with Gasteiger partial charge in [0.15, 0.2) is 0 Å². The highest BCUT2D eigenvalue weighted by atomic mass is 35.5. The molecule has 28 heavy (non-hydrogen) atoms. The zero-order valence-electron chi connectivity index (χ0n) is 15.0. The summed E-state index contributed by atoms with van der Waals surface area (Å²) in [4.78, 5) is 26.0. The second kappa shape index (κ2) is 7.09. The zero-order chi connectivity index (χ0) is 20.9. The third kappa shape index (κ3) is 3.29. The van der Waals surface area contributed by atoms with Crippen LogP contribution >= 0.6 is 11.6 Å². The van der Waals surface area contributed by atoms with Crippen molar-refractivity contribution in [2.45, 2.75) is 37.4 Å². The summed E-state index contributed by atoms with van der Waals surface area (Å²) in [5.41, 5.74) is 3.81. The first kappa shape index (κ1) is 20.7. The van der Waals surface area contributed by atoms with Gasteiger partial charge in [-0.25, -0.2) is 9.18 Å². The Morgan fingerprint density at radius 3 is 2.61 bits per heavy atom. The number of nitrogens with zero attached hydrogens (tertiary/aromatic N) is 1. The van der Waals surface area contributed by atoms with E-state index >= 15 is 0 Å². The Balaban J connectivity index is 2.09. The number of nitrogens with one attached hydrogen (secondary N) is 1. The standard InChI is InChI=1S/C18H20ClF4N3O2/c1-17(15(27)25-5-6-26(17)16(24)28)13(9-7-10(8-9)18(21,22)23)11-3-2-4-12(19)14(11)20/h2-4,9-10,13H,5-8H2,1H3,(H2,24,28)(H,25,27)/t9?,10?,13-,17?/m1/s1. The molecule has 1 aliphatic carbocycles. The van der Waals surface area contributed by atoms with Gasteiger partial charge >= 0.3 is 12.2 Å². The number of nitrogens with two attached hydrogens (primary N) is 1. The first-order valence-electron chi connectivity index (χ1n) is 8.84. The molecule has 2 aliphatic rings. The highest BCUT2D eigenvalue weighted by Gasteiger charge is 2.59. The van der Waals surface area contributed by atoms with Gasteiger partial charge in [0.05, 0.1) is 10.9 Å². The van der Waals surface area contributed by atoms with E-state index in [1.54, 1.807) is 0 Å². The van der Waals surface area contributed by atoms with Crippen molar-refractivity contribution in [3.8, 4) is 0 Å². The molecular weight excluding hydrogens is 402 g/mol. The van der Waals surface area contributed by atoms with Crippen LogP contribution in [0.5, 0.6) is 0 Å². The number of rotatable bonds is 3. The number of carbonyl (C=O) groups is 2. The van der Waals surface area contributed by atoms with Gasteiger partial charge < -0.3 is 16.0 Å². The Morgan fingerprint density at radius 2 is 2.04 bits per heavy atom. The minimum absolute atomic E-state index is 0.00363. The van der Waals surface area contributed by atoms with Crippen LogP contribution in [0, 0.1) is 17.7 Å². The lowest BCUT2D eigenvalue weighted by Crippen LogP contribution is -2.69. The molecule has 1 heterocycles. The van der Waals surface area contributed by atoms with E-state index < -0.39 is 47.2 Å². The number of hydrogen-bond donors (Lipinski definition) is 2. The first-order valence-corrected chi connectivity index (χ1v) is 9.21. The van der Waals surface area contributed by atoms with Crippen LogP contribution in [-0.2, 0) is 4.79 Å². The molecule has 1 aliphatic heterocycles. The van der Waals surface area contributed by atoms with Crippen LogP contribution in [0.15, 0.2) is 18.2 Å². The molecule has 1 saturated carbocycles. The summed E-state index contributed by atoms with van der Waals surface area (Å²) in [5, 5.41) is 2.41. The second-order valence-electron chi connectivity index (χ2n) is 7.48.